The molecule has 1 aliphatic rings. The molecule has 1 aliphatic carbocycles. The number of nitrogens with one attached hydrogen (secondary N) is 2. The minimum Gasteiger partial charge on any atom is -0.449 e. The van der Waals surface area contributed by atoms with Crippen LogP contribution >= 0.6 is 0 Å². The van der Waals surface area contributed by atoms with Gasteiger partial charge in [-0.1, -0.05) is 56.3 Å². The molecule has 2 N–H and O–H groups in total. The molecule has 2 amide bonds. The molecule has 0 radical (unpaired) electrons. The summed E-state index contributed by atoms with van der Waals surface area (Å²) in [6.07, 6.45) is 2.83. The standard InChI is InChI=1S/C24H30N2O3/c1-17(2)13-14-25-23(27)22-10-6-5-9-21(22)20-8-4-3-7-19(20)15-26-24(28)29-16-18-11-12-18/h3-10,17-18H,11-16H2,1-2H3,(H,25,27)(H,26,28). The van der Waals surface area contributed by atoms with Crippen molar-refractivity contribution in [2.45, 2.75) is 39.7 Å². The molecular weight excluding hydrogens is 364 g/mol. The highest BCUT2D eigenvalue weighted by atomic mass is 16.5. The molecule has 154 valence electrons. The van der Waals surface area contributed by atoms with Crippen molar-refractivity contribution < 1.29 is 14.3 Å². The molecule has 5 heteroatoms. The lowest BCUT2D eigenvalue weighted by Crippen LogP contribution is -2.26. The fourth-order valence-corrected chi connectivity index (χ4v) is 3.12. The van der Waals surface area contributed by atoms with Crippen molar-refractivity contribution >= 4 is 12.0 Å². The van der Waals surface area contributed by atoms with Crippen molar-refractivity contribution in [1.82, 2.24) is 10.6 Å². The van der Waals surface area contributed by atoms with Gasteiger partial charge in [0.05, 0.1) is 6.61 Å². The average Bonchev–Trinajstić information content (AvgIpc) is 3.55. The molecule has 0 heterocycles. The van der Waals surface area contributed by atoms with Crippen LogP contribution in [-0.4, -0.2) is 25.2 Å². The van der Waals surface area contributed by atoms with Gasteiger partial charge in [-0.05, 0) is 53.9 Å². The molecule has 3 rings (SSSR count). The number of carbonyl (C=O) groups is 2. The van der Waals surface area contributed by atoms with Gasteiger partial charge in [-0.15, -0.1) is 0 Å². The van der Waals surface area contributed by atoms with Gasteiger partial charge in [0.1, 0.15) is 0 Å². The lowest BCUT2D eigenvalue weighted by Gasteiger charge is -2.15. The van der Waals surface area contributed by atoms with E-state index in [1.54, 1.807) is 0 Å². The van der Waals surface area contributed by atoms with E-state index in [0.717, 1.165) is 36.0 Å². The van der Waals surface area contributed by atoms with Crippen molar-refractivity contribution in [2.75, 3.05) is 13.2 Å². The summed E-state index contributed by atoms with van der Waals surface area (Å²) < 4.78 is 5.24. The Bertz CT molecular complexity index is 844. The van der Waals surface area contributed by atoms with E-state index in [2.05, 4.69) is 24.5 Å². The monoisotopic (exact) mass is 394 g/mol. The maximum atomic E-state index is 12.8. The molecule has 1 saturated carbocycles. The second-order valence-electron chi connectivity index (χ2n) is 8.04. The van der Waals surface area contributed by atoms with Gasteiger partial charge in [0.2, 0.25) is 0 Å². The summed E-state index contributed by atoms with van der Waals surface area (Å²) in [5.74, 6) is 0.999. The number of alkyl carbamates (subject to hydrolysis) is 1. The number of hydrogen-bond donors (Lipinski definition) is 2. The van der Waals surface area contributed by atoms with Crippen LogP contribution in [0.3, 0.4) is 0 Å². The molecule has 0 atom stereocenters. The topological polar surface area (TPSA) is 67.4 Å². The number of carbonyl (C=O) groups excluding carboxylic acids is 2. The van der Waals surface area contributed by atoms with E-state index in [0.29, 0.717) is 37.1 Å². The van der Waals surface area contributed by atoms with Crippen molar-refractivity contribution in [3.05, 3.63) is 59.7 Å². The first kappa shape index (κ1) is 20.9. The second kappa shape index (κ2) is 10.1. The molecule has 0 spiro atoms. The third-order valence-electron chi connectivity index (χ3n) is 5.06. The zero-order valence-electron chi connectivity index (χ0n) is 17.2. The number of amides is 2. The first-order chi connectivity index (χ1) is 14.0. The van der Waals surface area contributed by atoms with Crippen LogP contribution in [0.15, 0.2) is 48.5 Å². The first-order valence-corrected chi connectivity index (χ1v) is 10.4. The summed E-state index contributed by atoms with van der Waals surface area (Å²) in [5.41, 5.74) is 3.38. The molecule has 0 aromatic heterocycles. The predicted octanol–water partition coefficient (Wildman–Crippen LogP) is 4.77. The highest BCUT2D eigenvalue weighted by Crippen LogP contribution is 2.29. The summed E-state index contributed by atoms with van der Waals surface area (Å²) in [6.45, 7) is 5.77. The number of hydrogen-bond acceptors (Lipinski definition) is 3. The summed E-state index contributed by atoms with van der Waals surface area (Å²) in [4.78, 5) is 24.7. The van der Waals surface area contributed by atoms with Crippen LogP contribution in [0.5, 0.6) is 0 Å². The van der Waals surface area contributed by atoms with E-state index in [9.17, 15) is 9.59 Å². The van der Waals surface area contributed by atoms with Gasteiger partial charge in [-0.2, -0.15) is 0 Å². The van der Waals surface area contributed by atoms with Crippen molar-refractivity contribution in [2.24, 2.45) is 11.8 Å². The minimum absolute atomic E-state index is 0.0761. The van der Waals surface area contributed by atoms with Gasteiger partial charge in [-0.3, -0.25) is 4.79 Å². The Balaban J connectivity index is 1.71. The third-order valence-corrected chi connectivity index (χ3v) is 5.06. The Morgan fingerprint density at radius 1 is 1.00 bits per heavy atom. The van der Waals surface area contributed by atoms with Crippen molar-refractivity contribution in [3.63, 3.8) is 0 Å². The normalized spacial score (nSPS) is 13.2. The van der Waals surface area contributed by atoms with Crippen LogP contribution in [0, 0.1) is 11.8 Å². The Kier molecular flexibility index (Phi) is 7.28. The lowest BCUT2D eigenvalue weighted by atomic mass is 9.95. The largest absolute Gasteiger partial charge is 0.449 e. The molecular formula is C24H30N2O3. The fourth-order valence-electron chi connectivity index (χ4n) is 3.12. The summed E-state index contributed by atoms with van der Waals surface area (Å²) in [6, 6.07) is 15.4. The Morgan fingerprint density at radius 2 is 1.69 bits per heavy atom. The maximum absolute atomic E-state index is 12.8. The number of ether oxygens (including phenoxy) is 1. The quantitative estimate of drug-likeness (QED) is 0.644. The van der Waals surface area contributed by atoms with Crippen LogP contribution in [-0.2, 0) is 11.3 Å². The Morgan fingerprint density at radius 3 is 2.41 bits per heavy atom. The number of benzene rings is 2. The maximum Gasteiger partial charge on any atom is 0.407 e. The summed E-state index contributed by atoms with van der Waals surface area (Å²) >= 11 is 0. The third kappa shape index (κ3) is 6.34. The Labute approximate surface area is 172 Å². The van der Waals surface area contributed by atoms with Crippen LogP contribution in [0.4, 0.5) is 4.79 Å². The van der Waals surface area contributed by atoms with E-state index < -0.39 is 6.09 Å². The minimum atomic E-state index is -0.397. The van der Waals surface area contributed by atoms with Gasteiger partial charge < -0.3 is 15.4 Å². The molecule has 29 heavy (non-hydrogen) atoms. The molecule has 0 unspecified atom stereocenters. The molecule has 0 aliphatic heterocycles. The SMILES string of the molecule is CC(C)CCNC(=O)c1ccccc1-c1ccccc1CNC(=O)OCC1CC1. The first-order valence-electron chi connectivity index (χ1n) is 10.4. The van der Waals surface area contributed by atoms with Gasteiger partial charge in [0, 0.05) is 18.7 Å². The molecule has 5 nitrogen and oxygen atoms in total. The molecule has 0 saturated heterocycles. The average molecular weight is 395 g/mol. The van der Waals surface area contributed by atoms with Crippen LogP contribution < -0.4 is 10.6 Å². The van der Waals surface area contributed by atoms with E-state index in [-0.39, 0.29) is 5.91 Å². The smallest absolute Gasteiger partial charge is 0.407 e. The van der Waals surface area contributed by atoms with Crippen LogP contribution in [0.1, 0.15) is 49.0 Å². The molecule has 1 fully saturated rings. The van der Waals surface area contributed by atoms with Gasteiger partial charge >= 0.3 is 6.09 Å². The van der Waals surface area contributed by atoms with Gasteiger partial charge in [-0.25, -0.2) is 4.79 Å². The van der Waals surface area contributed by atoms with Crippen LogP contribution in [0.2, 0.25) is 0 Å². The zero-order valence-corrected chi connectivity index (χ0v) is 17.2. The van der Waals surface area contributed by atoms with E-state index in [4.69, 9.17) is 4.74 Å². The van der Waals surface area contributed by atoms with E-state index in [1.807, 2.05) is 48.5 Å². The highest BCUT2D eigenvalue weighted by Gasteiger charge is 2.23. The van der Waals surface area contributed by atoms with Crippen LogP contribution in [0.25, 0.3) is 11.1 Å². The zero-order chi connectivity index (χ0) is 20.6. The van der Waals surface area contributed by atoms with E-state index >= 15 is 0 Å². The molecule has 0 bridgehead atoms. The van der Waals surface area contributed by atoms with E-state index in [1.165, 1.54) is 0 Å². The summed E-state index contributed by atoms with van der Waals surface area (Å²) in [5, 5.41) is 5.84. The lowest BCUT2D eigenvalue weighted by molar-refractivity contribution is 0.0952. The fraction of sp³-hybridized carbons (Fsp3) is 0.417. The van der Waals surface area contributed by atoms with Gasteiger partial charge in [0.25, 0.3) is 5.91 Å². The highest BCUT2D eigenvalue weighted by molar-refractivity contribution is 6.01. The second-order valence-corrected chi connectivity index (χ2v) is 8.04. The summed E-state index contributed by atoms with van der Waals surface area (Å²) in [7, 11) is 0. The van der Waals surface area contributed by atoms with Crippen molar-refractivity contribution in [3.8, 4) is 11.1 Å². The van der Waals surface area contributed by atoms with Gasteiger partial charge in [0.15, 0.2) is 0 Å². The van der Waals surface area contributed by atoms with Crippen molar-refractivity contribution in [1.29, 1.82) is 0 Å². The molecule has 2 aromatic rings. The number of rotatable bonds is 9. The molecule has 2 aromatic carbocycles. The predicted molar refractivity (Wildman–Crippen MR) is 115 cm³/mol. The Hall–Kier alpha value is -2.82.